The monoisotopic (exact) mass is 674 g/mol. The molecule has 10 nitrogen and oxygen atoms in total. The third kappa shape index (κ3) is 10.0. The minimum Gasteiger partial charge on any atom is -0.493 e. The first-order chi connectivity index (χ1) is 19.3. The van der Waals surface area contributed by atoms with E-state index in [1.165, 1.54) is 7.11 Å². The van der Waals surface area contributed by atoms with Crippen LogP contribution in [-0.2, 0) is 20.9 Å². The van der Waals surface area contributed by atoms with Crippen LogP contribution in [0.4, 0.5) is 0 Å². The van der Waals surface area contributed by atoms with Crippen LogP contribution in [-0.4, -0.2) is 90.3 Å². The summed E-state index contributed by atoms with van der Waals surface area (Å²) in [5, 5.41) is 33.0. The van der Waals surface area contributed by atoms with Crippen molar-refractivity contribution in [2.45, 2.75) is 70.3 Å². The Morgan fingerprint density at radius 3 is 2.67 bits per heavy atom. The summed E-state index contributed by atoms with van der Waals surface area (Å²) in [6, 6.07) is 2.67. The molecule has 0 radical (unpaired) electrons. The van der Waals surface area contributed by atoms with Crippen LogP contribution in [0, 0.1) is 3.57 Å². The maximum Gasteiger partial charge on any atom is 0.247 e. The number of aliphatic hydroxyl groups excluding tert-OH is 3. The summed E-state index contributed by atoms with van der Waals surface area (Å²) >= 11 is 2.06. The van der Waals surface area contributed by atoms with Crippen LogP contribution in [0.15, 0.2) is 36.4 Å². The Bertz CT molecular complexity index is 1000. The van der Waals surface area contributed by atoms with Gasteiger partial charge in [-0.1, -0.05) is 6.08 Å². The second-order valence-corrected chi connectivity index (χ2v) is 10.6. The molecule has 2 amide bonds. The molecular weight excluding hydrogens is 631 g/mol. The number of benzene rings is 1. The molecule has 0 spiro atoms. The Kier molecular flexibility index (Phi) is 15.5. The average molecular weight is 675 g/mol. The van der Waals surface area contributed by atoms with Crippen molar-refractivity contribution in [2.75, 3.05) is 40.0 Å². The van der Waals surface area contributed by atoms with Crippen LogP contribution in [0.5, 0.6) is 11.5 Å². The van der Waals surface area contributed by atoms with E-state index >= 15 is 0 Å². The van der Waals surface area contributed by atoms with Crippen molar-refractivity contribution in [2.24, 2.45) is 0 Å². The third-order valence-corrected chi connectivity index (χ3v) is 7.40. The van der Waals surface area contributed by atoms with E-state index in [1.807, 2.05) is 13.0 Å². The molecule has 1 aliphatic rings. The highest BCUT2D eigenvalue weighted by Crippen LogP contribution is 2.37. The smallest absolute Gasteiger partial charge is 0.247 e. The number of aliphatic hydroxyl groups is 3. The summed E-state index contributed by atoms with van der Waals surface area (Å²) in [7, 11) is 1.48. The first-order valence-electron chi connectivity index (χ1n) is 13.7. The largest absolute Gasteiger partial charge is 0.493 e. The zero-order chi connectivity index (χ0) is 29.5. The standard InChI is InChI=1S/C29H43IN2O8/c1-4-6-7-8-10-26(35)32(12-9-14-39-5-2)23-17-21(29(37)31-11-13-33)18-24(27(23)36)40-28-22(30)15-20(19-34)16-25(28)38-3/h4,15-16,18,23-24,27,33-34,36H,1,5-14,17,19H2,2-3H3,(H,31,37). The van der Waals surface area contributed by atoms with E-state index in [-0.39, 0.29) is 32.1 Å². The van der Waals surface area contributed by atoms with Gasteiger partial charge >= 0.3 is 0 Å². The number of nitrogens with one attached hydrogen (secondary N) is 1. The molecule has 11 heteroatoms. The van der Waals surface area contributed by atoms with Gasteiger partial charge in [-0.2, -0.15) is 0 Å². The van der Waals surface area contributed by atoms with Gasteiger partial charge in [0.05, 0.1) is 29.9 Å². The maximum absolute atomic E-state index is 13.5. The van der Waals surface area contributed by atoms with Gasteiger partial charge in [0.15, 0.2) is 11.5 Å². The summed E-state index contributed by atoms with van der Waals surface area (Å²) in [6.07, 6.45) is 4.61. The van der Waals surface area contributed by atoms with Crippen molar-refractivity contribution >= 4 is 34.4 Å². The van der Waals surface area contributed by atoms with E-state index in [4.69, 9.17) is 14.2 Å². The fourth-order valence-electron chi connectivity index (χ4n) is 4.56. The molecular formula is C29H43IN2O8. The van der Waals surface area contributed by atoms with Crippen molar-refractivity contribution < 1.29 is 39.1 Å². The number of allylic oxidation sites excluding steroid dienone is 1. The maximum atomic E-state index is 13.5. The lowest BCUT2D eigenvalue weighted by atomic mass is 9.87. The molecule has 1 aliphatic carbocycles. The number of hydrogen-bond acceptors (Lipinski definition) is 8. The lowest BCUT2D eigenvalue weighted by Gasteiger charge is -2.41. The van der Waals surface area contributed by atoms with E-state index in [1.54, 1.807) is 23.1 Å². The number of halogens is 1. The summed E-state index contributed by atoms with van der Waals surface area (Å²) in [5.41, 5.74) is 0.988. The number of nitrogens with zero attached hydrogens (tertiary/aromatic N) is 1. The first-order valence-corrected chi connectivity index (χ1v) is 14.8. The van der Waals surface area contributed by atoms with E-state index < -0.39 is 24.2 Å². The number of hydrogen-bond donors (Lipinski definition) is 4. The van der Waals surface area contributed by atoms with Crippen molar-refractivity contribution in [3.8, 4) is 11.5 Å². The molecule has 0 saturated heterocycles. The van der Waals surface area contributed by atoms with Gasteiger partial charge in [0.25, 0.3) is 0 Å². The predicted octanol–water partition coefficient (Wildman–Crippen LogP) is 2.71. The summed E-state index contributed by atoms with van der Waals surface area (Å²) in [4.78, 5) is 28.1. The molecule has 0 aromatic heterocycles. The fourth-order valence-corrected chi connectivity index (χ4v) is 5.35. The minimum atomic E-state index is -1.14. The van der Waals surface area contributed by atoms with Gasteiger partial charge in [0.2, 0.25) is 11.8 Å². The second-order valence-electron chi connectivity index (χ2n) is 9.46. The number of methoxy groups -OCH3 is 1. The Balaban J connectivity index is 2.43. The average Bonchev–Trinajstić information content (AvgIpc) is 2.95. The van der Waals surface area contributed by atoms with Gasteiger partial charge in [-0.25, -0.2) is 0 Å². The highest BCUT2D eigenvalue weighted by molar-refractivity contribution is 14.1. The minimum absolute atomic E-state index is 0.0730. The molecule has 3 unspecified atom stereocenters. The number of ether oxygens (including phenoxy) is 3. The molecule has 1 aromatic carbocycles. The number of unbranched alkanes of at least 4 members (excludes halogenated alkanes) is 2. The molecule has 0 aliphatic heterocycles. The molecule has 224 valence electrons. The van der Waals surface area contributed by atoms with Crippen molar-refractivity contribution in [3.63, 3.8) is 0 Å². The van der Waals surface area contributed by atoms with Gasteiger partial charge in [-0.15, -0.1) is 6.58 Å². The van der Waals surface area contributed by atoms with Gasteiger partial charge < -0.3 is 39.7 Å². The SMILES string of the molecule is C=CCCCCC(=O)N(CCCOCC)C1CC(C(=O)NCCO)=CC(Oc2c(I)cc(CO)cc2OC)C1O. The van der Waals surface area contributed by atoms with Crippen LogP contribution in [0.1, 0.15) is 51.0 Å². The molecule has 1 aromatic rings. The lowest BCUT2D eigenvalue weighted by molar-refractivity contribution is -0.139. The molecule has 0 bridgehead atoms. The van der Waals surface area contributed by atoms with Gasteiger partial charge in [0.1, 0.15) is 12.2 Å². The van der Waals surface area contributed by atoms with E-state index in [2.05, 4.69) is 34.5 Å². The van der Waals surface area contributed by atoms with Crippen molar-refractivity contribution in [1.29, 1.82) is 0 Å². The van der Waals surface area contributed by atoms with Gasteiger partial charge in [-0.05, 0) is 79.0 Å². The number of rotatable bonds is 18. The molecule has 0 fully saturated rings. The Morgan fingerprint density at radius 1 is 1.25 bits per heavy atom. The lowest BCUT2D eigenvalue weighted by Crippen LogP contribution is -2.55. The van der Waals surface area contributed by atoms with Crippen molar-refractivity contribution in [1.82, 2.24) is 10.2 Å². The Morgan fingerprint density at radius 2 is 2.02 bits per heavy atom. The van der Waals surface area contributed by atoms with E-state index in [0.717, 1.165) is 12.8 Å². The van der Waals surface area contributed by atoms with Crippen LogP contribution in [0.2, 0.25) is 0 Å². The molecule has 2 rings (SSSR count). The molecule has 4 N–H and O–H groups in total. The first kappa shape index (κ1) is 34.0. The zero-order valence-corrected chi connectivity index (χ0v) is 25.6. The van der Waals surface area contributed by atoms with Crippen LogP contribution >= 0.6 is 22.6 Å². The number of amides is 2. The van der Waals surface area contributed by atoms with E-state index in [0.29, 0.717) is 65.2 Å². The van der Waals surface area contributed by atoms with Crippen LogP contribution in [0.25, 0.3) is 0 Å². The zero-order valence-electron chi connectivity index (χ0n) is 23.4. The topological polar surface area (TPSA) is 138 Å². The normalized spacial score (nSPS) is 18.6. The highest BCUT2D eigenvalue weighted by atomic mass is 127. The Hall–Kier alpha value is -2.19. The summed E-state index contributed by atoms with van der Waals surface area (Å²) in [6.45, 7) is 6.69. The van der Waals surface area contributed by atoms with Gasteiger partial charge in [0, 0.05) is 44.7 Å². The molecule has 0 heterocycles. The van der Waals surface area contributed by atoms with Crippen LogP contribution < -0.4 is 14.8 Å². The van der Waals surface area contributed by atoms with Crippen LogP contribution in [0.3, 0.4) is 0 Å². The fraction of sp³-hybridized carbons (Fsp3) is 0.586. The van der Waals surface area contributed by atoms with Gasteiger partial charge in [-0.3, -0.25) is 9.59 Å². The number of carbonyl (C=O) groups is 2. The van der Waals surface area contributed by atoms with E-state index in [9.17, 15) is 24.9 Å². The summed E-state index contributed by atoms with van der Waals surface area (Å²) < 4.78 is 17.9. The Labute approximate surface area is 250 Å². The highest BCUT2D eigenvalue weighted by Gasteiger charge is 2.40. The number of carbonyl (C=O) groups excluding carboxylic acids is 2. The third-order valence-electron chi connectivity index (χ3n) is 6.60. The van der Waals surface area contributed by atoms with Crippen molar-refractivity contribution in [3.05, 3.63) is 45.6 Å². The molecule has 0 saturated carbocycles. The molecule has 3 atom stereocenters. The quantitative estimate of drug-likeness (QED) is 0.106. The summed E-state index contributed by atoms with van der Waals surface area (Å²) in [5.74, 6) is 0.219. The molecule has 40 heavy (non-hydrogen) atoms. The predicted molar refractivity (Wildman–Crippen MR) is 160 cm³/mol. The second kappa shape index (κ2) is 18.3.